The molecule has 4 nitrogen and oxygen atoms in total. The predicted molar refractivity (Wildman–Crippen MR) is 77.5 cm³/mol. The van der Waals surface area contributed by atoms with Crippen molar-refractivity contribution in [1.82, 2.24) is 4.72 Å². The predicted octanol–water partition coefficient (Wildman–Crippen LogP) is 2.04. The molecule has 3 aliphatic rings. The molecule has 4 rings (SSSR count). The Morgan fingerprint density at radius 1 is 1.24 bits per heavy atom. The molecule has 0 radical (unpaired) electrons. The number of anilines is 1. The van der Waals surface area contributed by atoms with E-state index in [1.807, 2.05) is 0 Å². The zero-order valence-corrected chi connectivity index (χ0v) is 12.7. The molecular formula is C15H19FN2O2S. The van der Waals surface area contributed by atoms with Crippen LogP contribution in [0.25, 0.3) is 0 Å². The van der Waals surface area contributed by atoms with Crippen LogP contribution in [0.2, 0.25) is 0 Å². The lowest BCUT2D eigenvalue weighted by Crippen LogP contribution is -2.30. The summed E-state index contributed by atoms with van der Waals surface area (Å²) in [5, 5.41) is 0. The third kappa shape index (κ3) is 1.92. The minimum Gasteiger partial charge on any atom is -0.398 e. The summed E-state index contributed by atoms with van der Waals surface area (Å²) in [7, 11) is -3.83. The van der Waals surface area contributed by atoms with Gasteiger partial charge in [0.1, 0.15) is 10.7 Å². The lowest BCUT2D eigenvalue weighted by atomic mass is 10.0. The number of nitrogens with two attached hydrogens (primary N) is 1. The normalized spacial score (nSPS) is 36.8. The Bertz CT molecular complexity index is 703. The van der Waals surface area contributed by atoms with Crippen molar-refractivity contribution in [2.75, 3.05) is 5.73 Å². The molecule has 114 valence electrons. The molecule has 1 aromatic rings. The molecule has 4 atom stereocenters. The first kappa shape index (κ1) is 13.5. The number of benzene rings is 1. The second kappa shape index (κ2) is 4.20. The molecule has 0 amide bonds. The largest absolute Gasteiger partial charge is 0.398 e. The monoisotopic (exact) mass is 310 g/mol. The molecule has 2 bridgehead atoms. The third-order valence-corrected chi connectivity index (χ3v) is 7.11. The molecule has 3 N–H and O–H groups in total. The van der Waals surface area contributed by atoms with Crippen molar-refractivity contribution in [3.8, 4) is 0 Å². The summed E-state index contributed by atoms with van der Waals surface area (Å²) in [5.41, 5.74) is 6.57. The highest BCUT2D eigenvalue weighted by Crippen LogP contribution is 2.65. The first-order chi connectivity index (χ1) is 9.88. The Morgan fingerprint density at radius 2 is 1.86 bits per heavy atom. The Balaban J connectivity index is 1.59. The smallest absolute Gasteiger partial charge is 0.243 e. The van der Waals surface area contributed by atoms with Crippen LogP contribution in [0.1, 0.15) is 24.8 Å². The van der Waals surface area contributed by atoms with Crippen LogP contribution in [0.5, 0.6) is 0 Å². The SMILES string of the molecule is Cc1cc(F)c(S(=O)(=O)NC2C3C4CCC(C4)C23)cc1N. The molecule has 3 fully saturated rings. The maximum atomic E-state index is 14.0. The molecule has 0 aromatic heterocycles. The lowest BCUT2D eigenvalue weighted by molar-refractivity contribution is 0.456. The average molecular weight is 310 g/mol. The Hall–Kier alpha value is -1.14. The van der Waals surface area contributed by atoms with Gasteiger partial charge in [0.15, 0.2) is 0 Å². The Morgan fingerprint density at radius 3 is 2.48 bits per heavy atom. The lowest BCUT2D eigenvalue weighted by Gasteiger charge is -2.13. The third-order valence-electron chi connectivity index (χ3n) is 5.64. The number of rotatable bonds is 3. The van der Waals surface area contributed by atoms with E-state index in [-0.39, 0.29) is 10.9 Å². The molecule has 3 saturated carbocycles. The van der Waals surface area contributed by atoms with Crippen LogP contribution in [0, 0.1) is 36.4 Å². The molecule has 0 saturated heterocycles. The average Bonchev–Trinajstić information content (AvgIpc) is 2.82. The van der Waals surface area contributed by atoms with E-state index in [2.05, 4.69) is 4.72 Å². The van der Waals surface area contributed by atoms with Gasteiger partial charge in [-0.05, 0) is 67.6 Å². The van der Waals surface area contributed by atoms with E-state index in [0.29, 0.717) is 34.9 Å². The fraction of sp³-hybridized carbons (Fsp3) is 0.600. The maximum absolute atomic E-state index is 14.0. The minimum absolute atomic E-state index is 0.00294. The van der Waals surface area contributed by atoms with Crippen molar-refractivity contribution < 1.29 is 12.8 Å². The van der Waals surface area contributed by atoms with Crippen LogP contribution in [0.15, 0.2) is 17.0 Å². The number of hydrogen-bond acceptors (Lipinski definition) is 3. The van der Waals surface area contributed by atoms with Gasteiger partial charge in [-0.2, -0.15) is 0 Å². The van der Waals surface area contributed by atoms with Crippen molar-refractivity contribution in [1.29, 1.82) is 0 Å². The molecule has 4 unspecified atom stereocenters. The summed E-state index contributed by atoms with van der Waals surface area (Å²) in [5.74, 6) is 1.55. The summed E-state index contributed by atoms with van der Waals surface area (Å²) >= 11 is 0. The minimum atomic E-state index is -3.83. The zero-order valence-electron chi connectivity index (χ0n) is 11.8. The van der Waals surface area contributed by atoms with Crippen LogP contribution >= 0.6 is 0 Å². The standard InChI is InChI=1S/C15H19FN2O2S/c1-7-4-10(16)12(6-11(7)17)21(19,20)18-15-13-8-2-3-9(5-8)14(13)15/h4,6,8-9,13-15,18H,2-3,5,17H2,1H3. The number of aryl methyl sites for hydroxylation is 1. The highest BCUT2D eigenvalue weighted by atomic mass is 32.2. The summed E-state index contributed by atoms with van der Waals surface area (Å²) in [6.07, 6.45) is 3.69. The topological polar surface area (TPSA) is 72.2 Å². The van der Waals surface area contributed by atoms with E-state index < -0.39 is 15.8 Å². The molecule has 3 aliphatic carbocycles. The van der Waals surface area contributed by atoms with Crippen molar-refractivity contribution in [3.05, 3.63) is 23.5 Å². The van der Waals surface area contributed by atoms with E-state index in [4.69, 9.17) is 5.73 Å². The Labute approximate surface area is 124 Å². The van der Waals surface area contributed by atoms with E-state index in [0.717, 1.165) is 0 Å². The second-order valence-electron chi connectivity index (χ2n) is 6.77. The van der Waals surface area contributed by atoms with Gasteiger partial charge in [-0.15, -0.1) is 0 Å². The fourth-order valence-corrected chi connectivity index (χ4v) is 6.00. The van der Waals surface area contributed by atoms with Gasteiger partial charge in [0.25, 0.3) is 0 Å². The quantitative estimate of drug-likeness (QED) is 0.839. The number of halogens is 1. The molecule has 1 aromatic carbocycles. The number of fused-ring (bicyclic) bond motifs is 5. The molecule has 6 heteroatoms. The zero-order chi connectivity index (χ0) is 14.9. The van der Waals surface area contributed by atoms with Gasteiger partial charge in [-0.3, -0.25) is 0 Å². The van der Waals surface area contributed by atoms with Crippen LogP contribution in [0.3, 0.4) is 0 Å². The van der Waals surface area contributed by atoms with Gasteiger partial charge >= 0.3 is 0 Å². The first-order valence-electron chi connectivity index (χ1n) is 7.46. The number of hydrogen-bond donors (Lipinski definition) is 2. The highest BCUT2D eigenvalue weighted by molar-refractivity contribution is 7.89. The maximum Gasteiger partial charge on any atom is 0.243 e. The van der Waals surface area contributed by atoms with E-state index in [1.54, 1.807) is 6.92 Å². The second-order valence-corrected chi connectivity index (χ2v) is 8.46. The van der Waals surface area contributed by atoms with E-state index in [9.17, 15) is 12.8 Å². The van der Waals surface area contributed by atoms with Crippen molar-refractivity contribution >= 4 is 15.7 Å². The Kier molecular flexibility index (Phi) is 2.70. The fourth-order valence-electron chi connectivity index (χ4n) is 4.60. The molecule has 0 aliphatic heterocycles. The van der Waals surface area contributed by atoms with Crippen molar-refractivity contribution in [2.45, 2.75) is 37.1 Å². The molecule has 21 heavy (non-hydrogen) atoms. The van der Waals surface area contributed by atoms with Gasteiger partial charge in [0, 0.05) is 11.7 Å². The molecule has 0 heterocycles. The van der Waals surface area contributed by atoms with Crippen LogP contribution in [0.4, 0.5) is 10.1 Å². The molecular weight excluding hydrogens is 291 g/mol. The van der Waals surface area contributed by atoms with E-state index >= 15 is 0 Å². The number of nitrogens with one attached hydrogen (secondary N) is 1. The highest BCUT2D eigenvalue weighted by Gasteiger charge is 2.65. The van der Waals surface area contributed by atoms with Crippen LogP contribution in [-0.2, 0) is 10.0 Å². The van der Waals surface area contributed by atoms with E-state index in [1.165, 1.54) is 31.4 Å². The van der Waals surface area contributed by atoms with Gasteiger partial charge in [-0.1, -0.05) is 0 Å². The van der Waals surface area contributed by atoms with Gasteiger partial charge in [0.2, 0.25) is 10.0 Å². The summed E-state index contributed by atoms with van der Waals surface area (Å²) in [6.45, 7) is 1.66. The van der Waals surface area contributed by atoms with Gasteiger partial charge in [-0.25, -0.2) is 17.5 Å². The first-order valence-corrected chi connectivity index (χ1v) is 8.95. The van der Waals surface area contributed by atoms with Crippen LogP contribution < -0.4 is 10.5 Å². The van der Waals surface area contributed by atoms with Crippen molar-refractivity contribution in [3.63, 3.8) is 0 Å². The van der Waals surface area contributed by atoms with Crippen LogP contribution in [-0.4, -0.2) is 14.5 Å². The summed E-state index contributed by atoms with van der Waals surface area (Å²) in [4.78, 5) is -0.331. The van der Waals surface area contributed by atoms with Crippen molar-refractivity contribution in [2.24, 2.45) is 23.7 Å². The molecule has 0 spiro atoms. The van der Waals surface area contributed by atoms with Gasteiger partial charge < -0.3 is 5.73 Å². The summed E-state index contributed by atoms with van der Waals surface area (Å²) < 4.78 is 41.5. The number of nitrogen functional groups attached to an aromatic ring is 1. The summed E-state index contributed by atoms with van der Waals surface area (Å²) in [6, 6.07) is 2.41. The van der Waals surface area contributed by atoms with Gasteiger partial charge in [0.05, 0.1) is 0 Å². The number of sulfonamides is 1.